The van der Waals surface area contributed by atoms with Gasteiger partial charge in [-0.3, -0.25) is 9.36 Å². The first-order valence-electron chi connectivity index (χ1n) is 7.19. The maximum atomic E-state index is 12.6. The highest BCUT2D eigenvalue weighted by Crippen LogP contribution is 2.17. The molecule has 0 radical (unpaired) electrons. The van der Waals surface area contributed by atoms with Gasteiger partial charge in [0.25, 0.3) is 5.91 Å². The van der Waals surface area contributed by atoms with E-state index in [1.165, 1.54) is 12.7 Å². The summed E-state index contributed by atoms with van der Waals surface area (Å²) in [5, 5.41) is 19.4. The quantitative estimate of drug-likeness (QED) is 0.747. The Morgan fingerprint density at radius 1 is 0.958 bits per heavy atom. The molecule has 0 saturated carbocycles. The number of carbonyl (C=O) groups excluding carboxylic acids is 1. The number of nitrogens with one attached hydrogen (secondary N) is 1. The van der Waals surface area contributed by atoms with Crippen LogP contribution in [0.15, 0.2) is 67.3 Å². The van der Waals surface area contributed by atoms with Gasteiger partial charge in [0.2, 0.25) is 0 Å². The Bertz CT molecular complexity index is 847. The smallest absolute Gasteiger partial charge is 0.330 e. The number of nitrogens with zero attached hydrogens (tertiary/aromatic N) is 3. The lowest BCUT2D eigenvalue weighted by atomic mass is 10.1. The molecule has 0 saturated heterocycles. The van der Waals surface area contributed by atoms with E-state index < -0.39 is 17.9 Å². The Kier molecular flexibility index (Phi) is 4.33. The molecule has 1 atom stereocenters. The molecule has 7 nitrogen and oxygen atoms in total. The van der Waals surface area contributed by atoms with E-state index in [1.54, 1.807) is 59.2 Å². The van der Waals surface area contributed by atoms with Crippen molar-refractivity contribution in [3.05, 3.63) is 78.4 Å². The average molecular weight is 322 g/mol. The minimum absolute atomic E-state index is 0.333. The van der Waals surface area contributed by atoms with Crippen molar-refractivity contribution in [3.8, 4) is 5.69 Å². The van der Waals surface area contributed by atoms with Crippen molar-refractivity contribution in [1.82, 2.24) is 20.1 Å². The van der Waals surface area contributed by atoms with Crippen molar-refractivity contribution in [3.63, 3.8) is 0 Å². The first-order chi connectivity index (χ1) is 11.7. The standard InChI is InChI=1S/C17H14N4O3/c22-16(20-15(17(23)24)12-6-2-1-3-7-12)13-8-4-5-9-14(13)21-10-18-19-11-21/h1-11,15H,(H,20,22)(H,23,24)/t15-/m0/s1. The zero-order valence-electron chi connectivity index (χ0n) is 12.5. The fourth-order valence-corrected chi connectivity index (χ4v) is 2.36. The molecule has 1 aromatic heterocycles. The second-order valence-electron chi connectivity index (χ2n) is 5.04. The molecule has 0 aliphatic rings. The van der Waals surface area contributed by atoms with Gasteiger partial charge in [0, 0.05) is 0 Å². The lowest BCUT2D eigenvalue weighted by molar-refractivity contribution is -0.139. The third kappa shape index (κ3) is 3.14. The third-order valence-corrected chi connectivity index (χ3v) is 3.50. The minimum Gasteiger partial charge on any atom is -0.479 e. The zero-order valence-corrected chi connectivity index (χ0v) is 12.5. The molecule has 24 heavy (non-hydrogen) atoms. The van der Waals surface area contributed by atoms with Crippen LogP contribution in [-0.2, 0) is 4.79 Å². The number of carbonyl (C=O) groups is 2. The maximum Gasteiger partial charge on any atom is 0.330 e. The van der Waals surface area contributed by atoms with Crippen LogP contribution in [-0.4, -0.2) is 31.7 Å². The molecule has 2 N–H and O–H groups in total. The van der Waals surface area contributed by atoms with E-state index in [4.69, 9.17) is 0 Å². The first kappa shape index (κ1) is 15.4. The molecule has 3 aromatic rings. The number of carboxylic acids is 1. The summed E-state index contributed by atoms with van der Waals surface area (Å²) in [5.74, 6) is -1.62. The number of para-hydroxylation sites is 1. The highest BCUT2D eigenvalue weighted by molar-refractivity contribution is 5.99. The predicted molar refractivity (Wildman–Crippen MR) is 85.6 cm³/mol. The highest BCUT2D eigenvalue weighted by Gasteiger charge is 2.23. The summed E-state index contributed by atoms with van der Waals surface area (Å²) < 4.78 is 1.59. The molecule has 7 heteroatoms. The van der Waals surface area contributed by atoms with Crippen LogP contribution < -0.4 is 5.32 Å². The SMILES string of the molecule is O=C(N[C@H](C(=O)O)c1ccccc1)c1ccccc1-n1cnnc1. The second-order valence-corrected chi connectivity index (χ2v) is 5.04. The number of hydrogen-bond acceptors (Lipinski definition) is 4. The summed E-state index contributed by atoms with van der Waals surface area (Å²) >= 11 is 0. The second kappa shape index (κ2) is 6.74. The van der Waals surface area contributed by atoms with Gasteiger partial charge in [0.1, 0.15) is 12.7 Å². The summed E-state index contributed by atoms with van der Waals surface area (Å²) in [6.45, 7) is 0. The number of rotatable bonds is 5. The molecular formula is C17H14N4O3. The van der Waals surface area contributed by atoms with Crippen LogP contribution in [0.5, 0.6) is 0 Å². The number of carboxylic acid groups (broad SMARTS) is 1. The molecule has 0 unspecified atom stereocenters. The van der Waals surface area contributed by atoms with Crippen LogP contribution >= 0.6 is 0 Å². The summed E-state index contributed by atoms with van der Waals surface area (Å²) in [4.78, 5) is 24.2. The largest absolute Gasteiger partial charge is 0.479 e. The van der Waals surface area contributed by atoms with E-state index in [1.807, 2.05) is 0 Å². The molecule has 0 fully saturated rings. The Balaban J connectivity index is 1.91. The van der Waals surface area contributed by atoms with Gasteiger partial charge in [-0.1, -0.05) is 42.5 Å². The van der Waals surface area contributed by atoms with Gasteiger partial charge in [-0.15, -0.1) is 10.2 Å². The lowest BCUT2D eigenvalue weighted by Crippen LogP contribution is -2.34. The van der Waals surface area contributed by atoms with Crippen molar-refractivity contribution < 1.29 is 14.7 Å². The fourth-order valence-electron chi connectivity index (χ4n) is 2.36. The first-order valence-corrected chi connectivity index (χ1v) is 7.19. The minimum atomic E-state index is -1.13. The van der Waals surface area contributed by atoms with E-state index >= 15 is 0 Å². The normalized spacial score (nSPS) is 11.7. The molecule has 1 heterocycles. The predicted octanol–water partition coefficient (Wildman–Crippen LogP) is 1.82. The zero-order chi connectivity index (χ0) is 16.9. The topological polar surface area (TPSA) is 97.1 Å². The maximum absolute atomic E-state index is 12.6. The van der Waals surface area contributed by atoms with Crippen molar-refractivity contribution >= 4 is 11.9 Å². The molecule has 120 valence electrons. The van der Waals surface area contributed by atoms with Gasteiger partial charge in [0.05, 0.1) is 11.3 Å². The van der Waals surface area contributed by atoms with Gasteiger partial charge >= 0.3 is 5.97 Å². The van der Waals surface area contributed by atoms with Gasteiger partial charge in [-0.2, -0.15) is 0 Å². The Morgan fingerprint density at radius 3 is 2.25 bits per heavy atom. The van der Waals surface area contributed by atoms with Gasteiger partial charge in [0.15, 0.2) is 6.04 Å². The number of aromatic nitrogens is 3. The Morgan fingerprint density at radius 2 is 1.58 bits per heavy atom. The summed E-state index contributed by atoms with van der Waals surface area (Å²) in [7, 11) is 0. The molecule has 3 rings (SSSR count). The summed E-state index contributed by atoms with van der Waals surface area (Å²) in [6, 6.07) is 14.3. The molecule has 0 aliphatic heterocycles. The van der Waals surface area contributed by atoms with Crippen LogP contribution in [0.4, 0.5) is 0 Å². The average Bonchev–Trinajstić information content (AvgIpc) is 3.14. The van der Waals surface area contributed by atoms with E-state index in [9.17, 15) is 14.7 Å². The van der Waals surface area contributed by atoms with E-state index in [0.29, 0.717) is 16.8 Å². The summed E-state index contributed by atoms with van der Waals surface area (Å²) in [6.07, 6.45) is 2.94. The molecule has 2 aromatic carbocycles. The van der Waals surface area contributed by atoms with Gasteiger partial charge < -0.3 is 10.4 Å². The van der Waals surface area contributed by atoms with Crippen molar-refractivity contribution in [2.75, 3.05) is 0 Å². The van der Waals surface area contributed by atoms with Crippen LogP contribution in [0.3, 0.4) is 0 Å². The number of amides is 1. The van der Waals surface area contributed by atoms with Crippen molar-refractivity contribution in [2.45, 2.75) is 6.04 Å². The molecule has 0 aliphatic carbocycles. The van der Waals surface area contributed by atoms with Gasteiger partial charge in [-0.05, 0) is 17.7 Å². The van der Waals surface area contributed by atoms with Crippen LogP contribution in [0.2, 0.25) is 0 Å². The molecular weight excluding hydrogens is 308 g/mol. The molecule has 0 bridgehead atoms. The number of hydrogen-bond donors (Lipinski definition) is 2. The summed E-state index contributed by atoms with van der Waals surface area (Å²) in [5.41, 5.74) is 1.40. The van der Waals surface area contributed by atoms with Crippen LogP contribution in [0, 0.1) is 0 Å². The Labute approximate surface area is 137 Å². The van der Waals surface area contributed by atoms with Crippen LogP contribution in [0.1, 0.15) is 22.0 Å². The number of benzene rings is 2. The fraction of sp³-hybridized carbons (Fsp3) is 0.0588. The third-order valence-electron chi connectivity index (χ3n) is 3.50. The van der Waals surface area contributed by atoms with Crippen molar-refractivity contribution in [1.29, 1.82) is 0 Å². The molecule has 0 spiro atoms. The highest BCUT2D eigenvalue weighted by atomic mass is 16.4. The monoisotopic (exact) mass is 322 g/mol. The van der Waals surface area contributed by atoms with E-state index in [0.717, 1.165) is 0 Å². The lowest BCUT2D eigenvalue weighted by Gasteiger charge is -2.16. The van der Waals surface area contributed by atoms with E-state index in [-0.39, 0.29) is 0 Å². The Hall–Kier alpha value is -3.48. The van der Waals surface area contributed by atoms with Crippen molar-refractivity contribution in [2.24, 2.45) is 0 Å². The van der Waals surface area contributed by atoms with E-state index in [2.05, 4.69) is 15.5 Å². The number of aliphatic carboxylic acids is 1. The van der Waals surface area contributed by atoms with Gasteiger partial charge in [-0.25, -0.2) is 4.79 Å². The van der Waals surface area contributed by atoms with Crippen LogP contribution in [0.25, 0.3) is 5.69 Å². The molecule has 1 amide bonds.